The number of nitrogens with one attached hydrogen (secondary N) is 1. The first-order valence-electron chi connectivity index (χ1n) is 6.39. The lowest BCUT2D eigenvalue weighted by molar-refractivity contribution is 0.122. The van der Waals surface area contributed by atoms with Gasteiger partial charge >= 0.3 is 0 Å². The van der Waals surface area contributed by atoms with E-state index in [1.54, 1.807) is 0 Å². The molecule has 0 aromatic carbocycles. The molecule has 1 heterocycles. The Balaban J connectivity index is 2.66. The second-order valence-electron chi connectivity index (χ2n) is 5.59. The molecule has 6 nitrogen and oxygen atoms in total. The Bertz CT molecular complexity index is 426. The number of piperazine rings is 1. The minimum Gasteiger partial charge on any atom is -0.392 e. The van der Waals surface area contributed by atoms with E-state index in [-0.39, 0.29) is 11.6 Å². The van der Waals surface area contributed by atoms with Crippen molar-refractivity contribution in [1.29, 1.82) is 0 Å². The minimum absolute atomic E-state index is 0.101. The van der Waals surface area contributed by atoms with Crippen LogP contribution in [0.1, 0.15) is 27.7 Å². The summed E-state index contributed by atoms with van der Waals surface area (Å²) in [6.45, 7) is 9.71. The van der Waals surface area contributed by atoms with Gasteiger partial charge in [-0.1, -0.05) is 12.2 Å². The summed E-state index contributed by atoms with van der Waals surface area (Å²) in [5, 5.41) is 0. The Kier molecular flexibility index (Phi) is 5.30. The molecule has 0 amide bonds. The Labute approximate surface area is 121 Å². The number of hydrogen-bond donors (Lipinski definition) is 2. The van der Waals surface area contributed by atoms with Crippen molar-refractivity contribution in [2.45, 2.75) is 39.3 Å². The van der Waals surface area contributed by atoms with E-state index in [1.807, 2.05) is 27.7 Å². The first-order chi connectivity index (χ1) is 8.57. The van der Waals surface area contributed by atoms with Crippen LogP contribution in [0.3, 0.4) is 0 Å². The zero-order valence-electron chi connectivity index (χ0n) is 12.0. The maximum absolute atomic E-state index is 12.0. The van der Waals surface area contributed by atoms with Gasteiger partial charge in [-0.25, -0.2) is 0 Å². The third kappa shape index (κ3) is 4.09. The lowest BCUT2D eigenvalue weighted by Crippen LogP contribution is -2.61. The average Bonchev–Trinajstić information content (AvgIpc) is 2.27. The van der Waals surface area contributed by atoms with Crippen molar-refractivity contribution in [2.75, 3.05) is 26.2 Å². The van der Waals surface area contributed by atoms with Gasteiger partial charge in [0, 0.05) is 32.2 Å². The molecule has 0 radical (unpaired) electrons. The van der Waals surface area contributed by atoms with Crippen LogP contribution in [-0.2, 0) is 10.2 Å². The molecule has 0 spiro atoms. The van der Waals surface area contributed by atoms with Crippen molar-refractivity contribution in [3.63, 3.8) is 0 Å². The molecule has 0 saturated carbocycles. The minimum atomic E-state index is -3.38. The van der Waals surface area contributed by atoms with Gasteiger partial charge in [0.15, 0.2) is 0 Å². The van der Waals surface area contributed by atoms with Gasteiger partial charge in [0.2, 0.25) is 0 Å². The number of nitrogens with zero attached hydrogens (tertiary/aromatic N) is 2. The van der Waals surface area contributed by atoms with Gasteiger partial charge in [0.25, 0.3) is 10.2 Å². The fourth-order valence-electron chi connectivity index (χ4n) is 2.02. The van der Waals surface area contributed by atoms with Crippen molar-refractivity contribution in [1.82, 2.24) is 13.9 Å². The van der Waals surface area contributed by atoms with Gasteiger partial charge in [0.05, 0.1) is 10.5 Å². The smallest absolute Gasteiger partial charge is 0.279 e. The molecule has 0 aromatic heterocycles. The molecule has 1 aliphatic rings. The quantitative estimate of drug-likeness (QED) is 0.694. The summed E-state index contributed by atoms with van der Waals surface area (Å²) < 4.78 is 28.1. The average molecular weight is 308 g/mol. The van der Waals surface area contributed by atoms with Crippen LogP contribution in [0.5, 0.6) is 0 Å². The lowest BCUT2D eigenvalue weighted by Gasteiger charge is -2.43. The predicted octanol–water partition coefficient (Wildman–Crippen LogP) is -0.0885. The molecule has 0 aliphatic carbocycles. The first-order valence-corrected chi connectivity index (χ1v) is 8.24. The summed E-state index contributed by atoms with van der Waals surface area (Å²) in [7, 11) is -3.38. The molecule has 1 rings (SSSR count). The summed E-state index contributed by atoms with van der Waals surface area (Å²) in [6, 6.07) is -0.101. The Hall–Kier alpha value is -0.280. The van der Waals surface area contributed by atoms with Crippen LogP contribution in [0.25, 0.3) is 0 Å². The zero-order chi connectivity index (χ0) is 14.8. The van der Waals surface area contributed by atoms with Crippen LogP contribution >= 0.6 is 12.2 Å². The van der Waals surface area contributed by atoms with Gasteiger partial charge in [-0.2, -0.15) is 17.4 Å². The third-order valence-electron chi connectivity index (χ3n) is 3.36. The summed E-state index contributed by atoms with van der Waals surface area (Å²) in [4.78, 5) is 2.56. The molecular formula is C11H24N4O2S2. The highest BCUT2D eigenvalue weighted by Gasteiger charge is 2.35. The number of hydrogen-bond acceptors (Lipinski definition) is 4. The summed E-state index contributed by atoms with van der Waals surface area (Å²) in [5.74, 6) is 0. The van der Waals surface area contributed by atoms with Crippen molar-refractivity contribution >= 4 is 27.4 Å². The van der Waals surface area contributed by atoms with Crippen molar-refractivity contribution in [3.05, 3.63) is 0 Å². The van der Waals surface area contributed by atoms with Crippen LogP contribution in [0, 0.1) is 0 Å². The highest BCUT2D eigenvalue weighted by atomic mass is 32.2. The van der Waals surface area contributed by atoms with E-state index < -0.39 is 10.2 Å². The monoisotopic (exact) mass is 308 g/mol. The van der Waals surface area contributed by atoms with E-state index in [4.69, 9.17) is 18.0 Å². The molecule has 0 aromatic rings. The normalized spacial score (nSPS) is 19.8. The highest BCUT2D eigenvalue weighted by molar-refractivity contribution is 7.87. The van der Waals surface area contributed by atoms with E-state index in [1.165, 1.54) is 4.31 Å². The van der Waals surface area contributed by atoms with Crippen LogP contribution in [0.2, 0.25) is 0 Å². The molecule has 1 aliphatic heterocycles. The molecule has 3 N–H and O–H groups in total. The third-order valence-corrected chi connectivity index (χ3v) is 5.67. The van der Waals surface area contributed by atoms with Gasteiger partial charge in [-0.15, -0.1) is 0 Å². The second kappa shape index (κ2) is 6.01. The standard InChI is InChI=1S/C11H24N4O2S2/c1-9(2)13-19(16,17)15-7-5-14(6-8-15)11(3,4)10(12)18/h9,13H,5-8H2,1-4H3,(H2,12,18). The fourth-order valence-corrected chi connectivity index (χ4v) is 3.53. The predicted molar refractivity (Wildman–Crippen MR) is 81.2 cm³/mol. The maximum Gasteiger partial charge on any atom is 0.279 e. The number of rotatable bonds is 5. The van der Waals surface area contributed by atoms with Crippen molar-refractivity contribution in [3.8, 4) is 0 Å². The van der Waals surface area contributed by atoms with Gasteiger partial charge in [0.1, 0.15) is 0 Å². The lowest BCUT2D eigenvalue weighted by atomic mass is 10.0. The van der Waals surface area contributed by atoms with E-state index >= 15 is 0 Å². The Morgan fingerprint density at radius 2 is 1.74 bits per heavy atom. The highest BCUT2D eigenvalue weighted by Crippen LogP contribution is 2.18. The van der Waals surface area contributed by atoms with Crippen LogP contribution in [-0.4, -0.2) is 60.4 Å². The molecule has 0 bridgehead atoms. The molecule has 8 heteroatoms. The SMILES string of the molecule is CC(C)NS(=O)(=O)N1CCN(C(C)(C)C(N)=S)CC1. The van der Waals surface area contributed by atoms with E-state index in [0.717, 1.165) is 0 Å². The van der Waals surface area contributed by atoms with Gasteiger partial charge in [-0.3, -0.25) is 4.90 Å². The number of thiocarbonyl (C=S) groups is 1. The van der Waals surface area contributed by atoms with Crippen molar-refractivity contribution < 1.29 is 8.42 Å². The van der Waals surface area contributed by atoms with Crippen LogP contribution in [0.15, 0.2) is 0 Å². The number of nitrogens with two attached hydrogens (primary N) is 1. The van der Waals surface area contributed by atoms with E-state index in [2.05, 4.69) is 9.62 Å². The molecule has 0 atom stereocenters. The molecule has 1 fully saturated rings. The Morgan fingerprint density at radius 1 is 1.26 bits per heavy atom. The maximum atomic E-state index is 12.0. The summed E-state index contributed by atoms with van der Waals surface area (Å²) in [6.07, 6.45) is 0. The Morgan fingerprint density at radius 3 is 2.11 bits per heavy atom. The van der Waals surface area contributed by atoms with Crippen molar-refractivity contribution in [2.24, 2.45) is 5.73 Å². The fraction of sp³-hybridized carbons (Fsp3) is 0.909. The molecule has 112 valence electrons. The van der Waals surface area contributed by atoms with E-state index in [0.29, 0.717) is 31.2 Å². The largest absolute Gasteiger partial charge is 0.392 e. The van der Waals surface area contributed by atoms with Gasteiger partial charge < -0.3 is 5.73 Å². The van der Waals surface area contributed by atoms with Gasteiger partial charge in [-0.05, 0) is 27.7 Å². The molecule has 19 heavy (non-hydrogen) atoms. The second-order valence-corrected chi connectivity index (χ2v) is 7.73. The molecule has 0 unspecified atom stereocenters. The topological polar surface area (TPSA) is 78.7 Å². The van der Waals surface area contributed by atoms with E-state index in [9.17, 15) is 8.42 Å². The first kappa shape index (κ1) is 16.8. The van der Waals surface area contributed by atoms with Crippen LogP contribution in [0.4, 0.5) is 0 Å². The molecular weight excluding hydrogens is 284 g/mol. The zero-order valence-corrected chi connectivity index (χ0v) is 13.6. The molecule has 1 saturated heterocycles. The summed E-state index contributed by atoms with van der Waals surface area (Å²) >= 11 is 5.06. The summed E-state index contributed by atoms with van der Waals surface area (Å²) in [5.41, 5.74) is 5.35. The van der Waals surface area contributed by atoms with Crippen LogP contribution < -0.4 is 10.5 Å².